The van der Waals surface area contributed by atoms with Crippen LogP contribution in [0.15, 0.2) is 30.3 Å². The quantitative estimate of drug-likeness (QED) is 0.830. The van der Waals surface area contributed by atoms with Gasteiger partial charge in [0.2, 0.25) is 0 Å². The molecule has 1 aliphatic carbocycles. The number of hydrogen-bond acceptors (Lipinski definition) is 3. The highest BCUT2D eigenvalue weighted by Crippen LogP contribution is 2.58. The maximum atomic E-state index is 10.8. The van der Waals surface area contributed by atoms with Gasteiger partial charge in [-0.25, -0.2) is 0 Å². The largest absolute Gasteiger partial charge is 0.388 e. The Morgan fingerprint density at radius 3 is 2.67 bits per heavy atom. The number of ether oxygens (including phenoxy) is 2. The molecular formula is C20H32O3Si. The first kappa shape index (κ1) is 18.1. The van der Waals surface area contributed by atoms with Crippen LogP contribution in [0.4, 0.5) is 0 Å². The average molecular weight is 349 g/mol. The van der Waals surface area contributed by atoms with E-state index in [-0.39, 0.29) is 17.6 Å². The van der Waals surface area contributed by atoms with Crippen molar-refractivity contribution in [2.24, 2.45) is 5.41 Å². The summed E-state index contributed by atoms with van der Waals surface area (Å²) in [6, 6.07) is 10.9. The van der Waals surface area contributed by atoms with Gasteiger partial charge in [-0.1, -0.05) is 68.4 Å². The molecule has 4 heteroatoms. The van der Waals surface area contributed by atoms with E-state index in [1.54, 1.807) is 7.11 Å². The molecular weight excluding hydrogens is 316 g/mol. The molecule has 5 atom stereocenters. The molecule has 0 amide bonds. The summed E-state index contributed by atoms with van der Waals surface area (Å²) in [5, 5.41) is 12.2. The van der Waals surface area contributed by atoms with Crippen molar-refractivity contribution >= 4 is 13.3 Å². The maximum absolute atomic E-state index is 10.8. The van der Waals surface area contributed by atoms with E-state index in [4.69, 9.17) is 9.47 Å². The summed E-state index contributed by atoms with van der Waals surface area (Å²) in [6.07, 6.45) is 4.48. The fourth-order valence-corrected chi connectivity index (χ4v) is 9.92. The van der Waals surface area contributed by atoms with Crippen molar-refractivity contribution < 1.29 is 14.6 Å². The van der Waals surface area contributed by atoms with E-state index in [1.807, 2.05) is 0 Å². The minimum atomic E-state index is -1.82. The first-order chi connectivity index (χ1) is 11.4. The molecule has 0 spiro atoms. The molecule has 0 aromatic heterocycles. The summed E-state index contributed by atoms with van der Waals surface area (Å²) < 4.78 is 11.8. The second-order valence-corrected chi connectivity index (χ2v) is 13.1. The molecule has 1 saturated carbocycles. The molecule has 3 nitrogen and oxygen atoms in total. The zero-order valence-corrected chi connectivity index (χ0v) is 16.5. The van der Waals surface area contributed by atoms with Crippen LogP contribution in [0.25, 0.3) is 0 Å². The van der Waals surface area contributed by atoms with Crippen LogP contribution in [-0.2, 0) is 9.47 Å². The summed E-state index contributed by atoms with van der Waals surface area (Å²) in [5.41, 5.74) is 0.575. The number of hydrogen-bond donors (Lipinski definition) is 1. The van der Waals surface area contributed by atoms with Gasteiger partial charge in [-0.3, -0.25) is 0 Å². The number of benzene rings is 1. The monoisotopic (exact) mass is 348 g/mol. The van der Waals surface area contributed by atoms with Gasteiger partial charge in [-0.2, -0.15) is 0 Å². The Morgan fingerprint density at radius 1 is 1.29 bits per heavy atom. The summed E-state index contributed by atoms with van der Waals surface area (Å²) >= 11 is 0. The van der Waals surface area contributed by atoms with Gasteiger partial charge in [-0.15, -0.1) is 0 Å². The molecule has 1 saturated heterocycles. The predicted molar refractivity (Wildman–Crippen MR) is 100 cm³/mol. The van der Waals surface area contributed by atoms with E-state index >= 15 is 0 Å². The van der Waals surface area contributed by atoms with Crippen molar-refractivity contribution in [1.82, 2.24) is 0 Å². The van der Waals surface area contributed by atoms with Crippen LogP contribution in [0.5, 0.6) is 0 Å². The fourth-order valence-electron chi connectivity index (χ4n) is 5.41. The SMILES string of the molecule is COC[C@H](O)[C@H]1O[C@@H]2CCCC[C@@]2(C)[C@@H]1[Si](C)(C)c1ccccc1. The number of rotatable bonds is 5. The van der Waals surface area contributed by atoms with Crippen LogP contribution >= 0.6 is 0 Å². The summed E-state index contributed by atoms with van der Waals surface area (Å²) in [4.78, 5) is 0. The van der Waals surface area contributed by atoms with Crippen LogP contribution in [0, 0.1) is 5.41 Å². The molecule has 0 radical (unpaired) electrons. The lowest BCUT2D eigenvalue weighted by atomic mass is 9.71. The van der Waals surface area contributed by atoms with E-state index in [2.05, 4.69) is 50.3 Å². The van der Waals surface area contributed by atoms with Crippen LogP contribution < -0.4 is 5.19 Å². The molecule has 2 aliphatic rings. The van der Waals surface area contributed by atoms with Crippen molar-refractivity contribution in [2.45, 2.75) is 69.6 Å². The molecule has 134 valence electrons. The third kappa shape index (κ3) is 2.98. The first-order valence-corrected chi connectivity index (χ1v) is 12.4. The van der Waals surface area contributed by atoms with Crippen LogP contribution in [0.2, 0.25) is 18.6 Å². The van der Waals surface area contributed by atoms with Gasteiger partial charge in [0, 0.05) is 7.11 Å². The highest BCUT2D eigenvalue weighted by Gasteiger charge is 2.60. The van der Waals surface area contributed by atoms with E-state index < -0.39 is 14.2 Å². The Kier molecular flexibility index (Phi) is 5.21. The second-order valence-electron chi connectivity index (χ2n) is 8.43. The number of methoxy groups -OCH3 is 1. The third-order valence-electron chi connectivity index (χ3n) is 6.54. The fraction of sp³-hybridized carbons (Fsp3) is 0.700. The zero-order chi connectivity index (χ0) is 17.4. The lowest BCUT2D eigenvalue weighted by Gasteiger charge is -2.46. The third-order valence-corrected chi connectivity index (χ3v) is 10.9. The lowest BCUT2D eigenvalue weighted by Crippen LogP contribution is -2.56. The zero-order valence-electron chi connectivity index (χ0n) is 15.5. The van der Waals surface area contributed by atoms with Gasteiger partial charge >= 0.3 is 0 Å². The Morgan fingerprint density at radius 2 is 2.00 bits per heavy atom. The van der Waals surface area contributed by atoms with E-state index in [0.29, 0.717) is 12.1 Å². The topological polar surface area (TPSA) is 38.7 Å². The Bertz CT molecular complexity index is 547. The summed E-state index contributed by atoms with van der Waals surface area (Å²) in [6.45, 7) is 7.66. The predicted octanol–water partition coefficient (Wildman–Crippen LogP) is 3.33. The van der Waals surface area contributed by atoms with E-state index in [1.165, 1.54) is 24.4 Å². The highest BCUT2D eigenvalue weighted by atomic mass is 28.3. The number of aliphatic hydroxyl groups excluding tert-OH is 1. The Hall–Kier alpha value is -0.683. The molecule has 1 aliphatic heterocycles. The summed E-state index contributed by atoms with van der Waals surface area (Å²) in [5.74, 6) is 0. The highest BCUT2D eigenvalue weighted by molar-refractivity contribution is 6.91. The minimum absolute atomic E-state index is 0.111. The normalized spacial score (nSPS) is 34.8. The molecule has 0 bridgehead atoms. The molecule has 1 N–H and O–H groups in total. The van der Waals surface area contributed by atoms with Crippen LogP contribution in [0.3, 0.4) is 0 Å². The first-order valence-electron chi connectivity index (χ1n) is 9.29. The van der Waals surface area contributed by atoms with Crippen LogP contribution in [0.1, 0.15) is 32.6 Å². The molecule has 1 aromatic rings. The van der Waals surface area contributed by atoms with Gasteiger partial charge in [0.05, 0.1) is 26.9 Å². The van der Waals surface area contributed by atoms with Gasteiger partial charge < -0.3 is 14.6 Å². The van der Waals surface area contributed by atoms with Crippen molar-refractivity contribution in [1.29, 1.82) is 0 Å². The molecule has 1 heterocycles. The van der Waals surface area contributed by atoms with Crippen molar-refractivity contribution in [2.75, 3.05) is 13.7 Å². The maximum Gasteiger partial charge on any atom is 0.103 e. The Labute approximate surface area is 147 Å². The van der Waals surface area contributed by atoms with Crippen molar-refractivity contribution in [3.8, 4) is 0 Å². The number of aliphatic hydroxyl groups is 1. The van der Waals surface area contributed by atoms with Gasteiger partial charge in [0.15, 0.2) is 0 Å². The van der Waals surface area contributed by atoms with Gasteiger partial charge in [0.25, 0.3) is 0 Å². The molecule has 3 rings (SSSR count). The average Bonchev–Trinajstić information content (AvgIpc) is 2.89. The van der Waals surface area contributed by atoms with E-state index in [0.717, 1.165) is 6.42 Å². The molecule has 1 aromatic carbocycles. The van der Waals surface area contributed by atoms with Crippen molar-refractivity contribution in [3.63, 3.8) is 0 Å². The Balaban J connectivity index is 2.01. The summed E-state index contributed by atoms with van der Waals surface area (Å²) in [7, 11) is -0.168. The van der Waals surface area contributed by atoms with Gasteiger partial charge in [-0.05, 0) is 23.8 Å². The minimum Gasteiger partial charge on any atom is -0.388 e. The number of fused-ring (bicyclic) bond motifs is 1. The van der Waals surface area contributed by atoms with E-state index in [9.17, 15) is 5.11 Å². The van der Waals surface area contributed by atoms with Crippen molar-refractivity contribution in [3.05, 3.63) is 30.3 Å². The van der Waals surface area contributed by atoms with Gasteiger partial charge in [0.1, 0.15) is 6.10 Å². The smallest absolute Gasteiger partial charge is 0.103 e. The molecule has 24 heavy (non-hydrogen) atoms. The molecule has 0 unspecified atom stereocenters. The second kappa shape index (κ2) is 6.91. The molecule has 2 fully saturated rings. The van der Waals surface area contributed by atoms with Crippen LogP contribution in [-0.4, -0.2) is 45.2 Å². The standard InChI is InChI=1S/C20H32O3Si/c1-20-13-9-8-12-17(20)23-18(16(21)14-22-2)19(20)24(3,4)15-10-6-5-7-11-15/h5-7,10-11,16-19,21H,8-9,12-14H2,1-4H3/t16-,17+,18+,19+,20+/m0/s1. The lowest BCUT2D eigenvalue weighted by molar-refractivity contribution is -0.0723.